The highest BCUT2D eigenvalue weighted by Gasteiger charge is 2.46. The van der Waals surface area contributed by atoms with E-state index in [0.29, 0.717) is 13.0 Å². The van der Waals surface area contributed by atoms with E-state index in [2.05, 4.69) is 6.07 Å². The molecule has 2 aliphatic heterocycles. The first-order chi connectivity index (χ1) is 9.25. The number of hydrogen-bond acceptors (Lipinski definition) is 4. The van der Waals surface area contributed by atoms with E-state index >= 15 is 0 Å². The summed E-state index contributed by atoms with van der Waals surface area (Å²) in [6.45, 7) is 0.294. The zero-order chi connectivity index (χ0) is 13.3. The molecular formula is C15H17NO2S. The molecule has 3 atom stereocenters. The lowest BCUT2D eigenvalue weighted by Crippen LogP contribution is -2.47. The number of para-hydroxylation sites is 1. The smallest absolute Gasteiger partial charge is 0.122 e. The standard InChI is InChI=1S/C15H17NO2S/c16-9-15(14(17)12-5-6-19-8-12)7-11-3-1-2-4-13(11)18-10-15/h1-4,12,14,17H,5-8,10H2. The lowest BCUT2D eigenvalue weighted by Gasteiger charge is -2.38. The van der Waals surface area contributed by atoms with Crippen LogP contribution >= 0.6 is 11.8 Å². The van der Waals surface area contributed by atoms with Crippen molar-refractivity contribution in [3.63, 3.8) is 0 Å². The van der Waals surface area contributed by atoms with Crippen LogP contribution in [0.3, 0.4) is 0 Å². The monoisotopic (exact) mass is 275 g/mol. The number of nitrogens with zero attached hydrogens (tertiary/aromatic N) is 1. The molecule has 19 heavy (non-hydrogen) atoms. The highest BCUT2D eigenvalue weighted by molar-refractivity contribution is 7.99. The first kappa shape index (κ1) is 12.8. The fraction of sp³-hybridized carbons (Fsp3) is 0.533. The minimum absolute atomic E-state index is 0.221. The molecule has 0 saturated carbocycles. The van der Waals surface area contributed by atoms with E-state index in [1.165, 1.54) is 0 Å². The second-order valence-corrected chi connectivity index (χ2v) is 6.56. The second kappa shape index (κ2) is 5.07. The number of fused-ring (bicyclic) bond motifs is 1. The SMILES string of the molecule is N#CC1(C(O)C2CCSC2)COc2ccccc2C1. The topological polar surface area (TPSA) is 53.2 Å². The van der Waals surface area contributed by atoms with Crippen LogP contribution in [0.15, 0.2) is 24.3 Å². The summed E-state index contributed by atoms with van der Waals surface area (Å²) in [5, 5.41) is 20.2. The van der Waals surface area contributed by atoms with Gasteiger partial charge < -0.3 is 9.84 Å². The van der Waals surface area contributed by atoms with Crippen LogP contribution in [0.4, 0.5) is 0 Å². The van der Waals surface area contributed by atoms with Crippen molar-refractivity contribution in [1.82, 2.24) is 0 Å². The summed E-state index contributed by atoms with van der Waals surface area (Å²) in [6.07, 6.45) is 0.986. The van der Waals surface area contributed by atoms with Gasteiger partial charge >= 0.3 is 0 Å². The van der Waals surface area contributed by atoms with Crippen molar-refractivity contribution in [2.24, 2.45) is 11.3 Å². The van der Waals surface area contributed by atoms with Gasteiger partial charge in [0, 0.05) is 6.42 Å². The van der Waals surface area contributed by atoms with Crippen molar-refractivity contribution in [2.45, 2.75) is 18.9 Å². The first-order valence-electron chi connectivity index (χ1n) is 6.63. The van der Waals surface area contributed by atoms with Crippen LogP contribution in [-0.2, 0) is 6.42 Å². The van der Waals surface area contributed by atoms with Crippen LogP contribution in [0.2, 0.25) is 0 Å². The maximum atomic E-state index is 10.6. The van der Waals surface area contributed by atoms with Crippen LogP contribution < -0.4 is 4.74 Å². The fourth-order valence-corrected chi connectivity index (χ4v) is 4.26. The average Bonchev–Trinajstić information content (AvgIpc) is 3.00. The lowest BCUT2D eigenvalue weighted by atomic mass is 9.72. The summed E-state index contributed by atoms with van der Waals surface area (Å²) in [5.41, 5.74) is 0.240. The van der Waals surface area contributed by atoms with E-state index < -0.39 is 11.5 Å². The van der Waals surface area contributed by atoms with Gasteiger partial charge in [-0.1, -0.05) is 18.2 Å². The van der Waals surface area contributed by atoms with Crippen LogP contribution in [0.25, 0.3) is 0 Å². The minimum atomic E-state index is -0.788. The van der Waals surface area contributed by atoms with Crippen LogP contribution in [0, 0.1) is 22.7 Å². The maximum Gasteiger partial charge on any atom is 0.122 e. The number of ether oxygens (including phenoxy) is 1. The molecule has 2 heterocycles. The molecule has 0 radical (unpaired) electrons. The number of nitriles is 1. The van der Waals surface area contributed by atoms with E-state index in [-0.39, 0.29) is 5.92 Å². The summed E-state index contributed by atoms with van der Waals surface area (Å²) in [6, 6.07) is 10.1. The van der Waals surface area contributed by atoms with Crippen molar-refractivity contribution in [1.29, 1.82) is 5.26 Å². The average molecular weight is 275 g/mol. The zero-order valence-corrected chi connectivity index (χ0v) is 11.5. The summed E-state index contributed by atoms with van der Waals surface area (Å²) >= 11 is 1.86. The van der Waals surface area contributed by atoms with E-state index in [4.69, 9.17) is 4.74 Å². The summed E-state index contributed by atoms with van der Waals surface area (Å²) in [5.74, 6) is 3.10. The minimum Gasteiger partial charge on any atom is -0.492 e. The Morgan fingerprint density at radius 3 is 3.05 bits per heavy atom. The third kappa shape index (κ3) is 2.22. The van der Waals surface area contributed by atoms with Gasteiger partial charge in [-0.2, -0.15) is 17.0 Å². The number of hydrogen-bond donors (Lipinski definition) is 1. The molecule has 1 N–H and O–H groups in total. The van der Waals surface area contributed by atoms with Gasteiger partial charge in [-0.3, -0.25) is 0 Å². The summed E-state index contributed by atoms with van der Waals surface area (Å²) in [7, 11) is 0. The van der Waals surface area contributed by atoms with Crippen molar-refractivity contribution < 1.29 is 9.84 Å². The Morgan fingerprint density at radius 2 is 2.32 bits per heavy atom. The quantitative estimate of drug-likeness (QED) is 0.899. The molecule has 100 valence electrons. The summed E-state index contributed by atoms with van der Waals surface area (Å²) < 4.78 is 5.72. The van der Waals surface area contributed by atoms with Crippen LogP contribution in [0.5, 0.6) is 5.75 Å². The molecule has 0 amide bonds. The van der Waals surface area contributed by atoms with Crippen LogP contribution in [-0.4, -0.2) is 29.3 Å². The van der Waals surface area contributed by atoms with Gasteiger partial charge in [-0.15, -0.1) is 0 Å². The molecule has 3 nitrogen and oxygen atoms in total. The highest BCUT2D eigenvalue weighted by Crippen LogP contribution is 2.41. The molecule has 0 aromatic heterocycles. The van der Waals surface area contributed by atoms with Gasteiger partial charge in [0.25, 0.3) is 0 Å². The molecule has 0 spiro atoms. The number of aliphatic hydroxyl groups excluding tert-OH is 1. The molecule has 0 aliphatic carbocycles. The first-order valence-corrected chi connectivity index (χ1v) is 7.78. The van der Waals surface area contributed by atoms with Crippen molar-refractivity contribution >= 4 is 11.8 Å². The van der Waals surface area contributed by atoms with Gasteiger partial charge in [-0.25, -0.2) is 0 Å². The van der Waals surface area contributed by atoms with Gasteiger partial charge in [0.05, 0.1) is 12.2 Å². The van der Waals surface area contributed by atoms with E-state index in [1.807, 2.05) is 36.0 Å². The molecule has 3 unspecified atom stereocenters. The number of aliphatic hydroxyl groups is 1. The molecule has 3 rings (SSSR count). The predicted octanol–water partition coefficient (Wildman–Crippen LogP) is 2.25. The normalized spacial score (nSPS) is 31.1. The molecule has 1 aromatic rings. The van der Waals surface area contributed by atoms with Gasteiger partial charge in [0.2, 0.25) is 0 Å². The molecule has 1 fully saturated rings. The van der Waals surface area contributed by atoms with E-state index in [1.54, 1.807) is 0 Å². The third-order valence-corrected chi connectivity index (χ3v) is 5.35. The second-order valence-electron chi connectivity index (χ2n) is 5.41. The van der Waals surface area contributed by atoms with Gasteiger partial charge in [-0.05, 0) is 35.5 Å². The molecule has 0 bridgehead atoms. The Bertz CT molecular complexity index is 507. The van der Waals surface area contributed by atoms with Crippen molar-refractivity contribution in [3.05, 3.63) is 29.8 Å². The fourth-order valence-electron chi connectivity index (χ4n) is 2.97. The molecule has 4 heteroatoms. The molecule has 1 aromatic carbocycles. The number of thioether (sulfide) groups is 1. The van der Waals surface area contributed by atoms with Gasteiger partial charge in [0.1, 0.15) is 17.8 Å². The van der Waals surface area contributed by atoms with Gasteiger partial charge in [0.15, 0.2) is 0 Å². The molecule has 1 saturated heterocycles. The number of benzene rings is 1. The lowest BCUT2D eigenvalue weighted by molar-refractivity contribution is -0.0130. The van der Waals surface area contributed by atoms with E-state index in [9.17, 15) is 10.4 Å². The van der Waals surface area contributed by atoms with E-state index in [0.717, 1.165) is 29.2 Å². The maximum absolute atomic E-state index is 10.6. The Morgan fingerprint density at radius 1 is 1.47 bits per heavy atom. The zero-order valence-electron chi connectivity index (χ0n) is 10.7. The largest absolute Gasteiger partial charge is 0.492 e. The van der Waals surface area contributed by atoms with Crippen molar-refractivity contribution in [2.75, 3.05) is 18.1 Å². The number of rotatable bonds is 2. The molecule has 2 aliphatic rings. The Labute approximate surface area is 117 Å². The summed E-state index contributed by atoms with van der Waals surface area (Å²) in [4.78, 5) is 0. The Balaban J connectivity index is 1.87. The third-order valence-electron chi connectivity index (χ3n) is 4.16. The Kier molecular flexibility index (Phi) is 3.42. The van der Waals surface area contributed by atoms with Crippen molar-refractivity contribution in [3.8, 4) is 11.8 Å². The predicted molar refractivity (Wildman–Crippen MR) is 75.1 cm³/mol. The molecular weight excluding hydrogens is 258 g/mol. The Hall–Kier alpha value is -1.18. The highest BCUT2D eigenvalue weighted by atomic mass is 32.2. The van der Waals surface area contributed by atoms with Crippen LogP contribution in [0.1, 0.15) is 12.0 Å².